The lowest BCUT2D eigenvalue weighted by Gasteiger charge is -2.09. The first-order valence-corrected chi connectivity index (χ1v) is 6.99. The third-order valence-corrected chi connectivity index (χ3v) is 3.21. The maximum Gasteiger partial charge on any atom is 0.243 e. The Labute approximate surface area is 128 Å². The normalized spacial score (nSPS) is 10.3. The summed E-state index contributed by atoms with van der Waals surface area (Å²) in [4.78, 5) is 0. The van der Waals surface area contributed by atoms with Gasteiger partial charge < -0.3 is 4.74 Å². The summed E-state index contributed by atoms with van der Waals surface area (Å²) in [5.74, 6) is 3.04. The highest BCUT2D eigenvalue weighted by Crippen LogP contribution is 2.29. The van der Waals surface area contributed by atoms with Crippen molar-refractivity contribution in [1.82, 2.24) is 20.4 Å². The third kappa shape index (κ3) is 2.86. The first-order chi connectivity index (χ1) is 10.9. The van der Waals surface area contributed by atoms with Crippen molar-refractivity contribution in [2.45, 2.75) is 12.8 Å². The average Bonchev–Trinajstić information content (AvgIpc) is 2.59. The van der Waals surface area contributed by atoms with Gasteiger partial charge in [0, 0.05) is 17.4 Å². The van der Waals surface area contributed by atoms with Crippen LogP contribution >= 0.6 is 0 Å². The van der Waals surface area contributed by atoms with Crippen LogP contribution in [-0.2, 0) is 0 Å². The lowest BCUT2D eigenvalue weighted by atomic mass is 10.1. The van der Waals surface area contributed by atoms with Crippen LogP contribution in [0.3, 0.4) is 0 Å². The number of hydrogen-bond acceptors (Lipinski definition) is 5. The van der Waals surface area contributed by atoms with Crippen LogP contribution in [0.4, 0.5) is 0 Å². The summed E-state index contributed by atoms with van der Waals surface area (Å²) in [6.07, 6.45) is 10.0. The smallest absolute Gasteiger partial charge is 0.243 e. The Kier molecular flexibility index (Phi) is 4.21. The number of nitrogens with zero attached hydrogens (tertiary/aromatic N) is 4. The highest BCUT2D eigenvalue weighted by atomic mass is 16.5. The predicted molar refractivity (Wildman–Crippen MR) is 84.1 cm³/mol. The molecule has 0 saturated heterocycles. The molecule has 3 aromatic rings. The fourth-order valence-electron chi connectivity index (χ4n) is 2.14. The Bertz CT molecular complexity index is 812. The molecule has 3 rings (SSSR count). The fraction of sp³-hybridized carbons (Fsp3) is 0.176. The van der Waals surface area contributed by atoms with Crippen molar-refractivity contribution in [2.24, 2.45) is 0 Å². The van der Waals surface area contributed by atoms with E-state index >= 15 is 0 Å². The van der Waals surface area contributed by atoms with Gasteiger partial charge in [-0.25, -0.2) is 0 Å². The summed E-state index contributed by atoms with van der Waals surface area (Å²) in [6.45, 7) is 0.501. The molecule has 1 aromatic carbocycles. The van der Waals surface area contributed by atoms with Gasteiger partial charge in [0.25, 0.3) is 0 Å². The van der Waals surface area contributed by atoms with Gasteiger partial charge in [-0.3, -0.25) is 0 Å². The van der Waals surface area contributed by atoms with E-state index in [1.165, 1.54) is 0 Å². The van der Waals surface area contributed by atoms with Gasteiger partial charge in [-0.15, -0.1) is 22.5 Å². The van der Waals surface area contributed by atoms with Crippen LogP contribution in [0.5, 0.6) is 5.88 Å². The summed E-state index contributed by atoms with van der Waals surface area (Å²) in [5, 5.41) is 18.0. The molecule has 0 spiro atoms. The minimum absolute atomic E-state index is 0.460. The Morgan fingerprint density at radius 1 is 1.00 bits per heavy atom. The van der Waals surface area contributed by atoms with Crippen LogP contribution in [0, 0.1) is 12.3 Å². The standard InChI is InChI=1S/C17H14N4O/c1-2-3-7-10-22-17-15-12-19-18-11-14(15)16(20-21-17)13-8-5-4-6-9-13/h1,4-6,8-9,11-12H,3,7,10H2. The fourth-order valence-corrected chi connectivity index (χ4v) is 2.14. The monoisotopic (exact) mass is 290 g/mol. The van der Waals surface area contributed by atoms with Gasteiger partial charge in [-0.2, -0.15) is 10.2 Å². The number of rotatable bonds is 5. The molecule has 0 fully saturated rings. The quantitative estimate of drug-likeness (QED) is 0.534. The molecule has 0 atom stereocenters. The van der Waals surface area contributed by atoms with E-state index in [0.717, 1.165) is 28.5 Å². The highest BCUT2D eigenvalue weighted by molar-refractivity contribution is 5.95. The van der Waals surface area contributed by atoms with Crippen LogP contribution in [0.15, 0.2) is 42.7 Å². The van der Waals surface area contributed by atoms with Gasteiger partial charge in [0.2, 0.25) is 5.88 Å². The van der Waals surface area contributed by atoms with Crippen molar-refractivity contribution < 1.29 is 4.74 Å². The zero-order valence-corrected chi connectivity index (χ0v) is 11.9. The van der Waals surface area contributed by atoms with Gasteiger partial charge in [-0.05, 0) is 6.42 Å². The van der Waals surface area contributed by atoms with Crippen molar-refractivity contribution in [3.05, 3.63) is 42.7 Å². The van der Waals surface area contributed by atoms with E-state index in [4.69, 9.17) is 11.2 Å². The predicted octanol–water partition coefficient (Wildman–Crippen LogP) is 2.88. The molecule has 2 aromatic heterocycles. The molecule has 0 radical (unpaired) electrons. The van der Waals surface area contributed by atoms with Crippen molar-refractivity contribution in [3.63, 3.8) is 0 Å². The molecule has 0 aliphatic heterocycles. The van der Waals surface area contributed by atoms with E-state index in [1.807, 2.05) is 30.3 Å². The van der Waals surface area contributed by atoms with E-state index < -0.39 is 0 Å². The second-order valence-electron chi connectivity index (χ2n) is 4.69. The van der Waals surface area contributed by atoms with Crippen molar-refractivity contribution in [1.29, 1.82) is 0 Å². The summed E-state index contributed by atoms with van der Waals surface area (Å²) < 4.78 is 5.68. The van der Waals surface area contributed by atoms with E-state index in [2.05, 4.69) is 26.3 Å². The average molecular weight is 290 g/mol. The van der Waals surface area contributed by atoms with Gasteiger partial charge in [0.15, 0.2) is 0 Å². The van der Waals surface area contributed by atoms with Gasteiger partial charge in [-0.1, -0.05) is 30.3 Å². The van der Waals surface area contributed by atoms with Gasteiger partial charge in [0.05, 0.1) is 24.4 Å². The molecule has 22 heavy (non-hydrogen) atoms. The topological polar surface area (TPSA) is 60.8 Å². The maximum atomic E-state index is 5.68. The number of unbranched alkanes of at least 4 members (excludes halogenated alkanes) is 1. The number of fused-ring (bicyclic) bond motifs is 1. The van der Waals surface area contributed by atoms with Crippen LogP contribution < -0.4 is 4.74 Å². The molecule has 0 aliphatic rings. The van der Waals surface area contributed by atoms with E-state index in [1.54, 1.807) is 12.4 Å². The van der Waals surface area contributed by atoms with Crippen LogP contribution in [-0.4, -0.2) is 27.0 Å². The first kappa shape index (κ1) is 14.0. The number of aromatic nitrogens is 4. The van der Waals surface area contributed by atoms with Gasteiger partial charge in [0.1, 0.15) is 5.69 Å². The Balaban J connectivity index is 1.99. The molecule has 0 amide bonds. The Hall–Kier alpha value is -3.00. The summed E-state index contributed by atoms with van der Waals surface area (Å²) in [5.41, 5.74) is 1.74. The first-order valence-electron chi connectivity index (χ1n) is 6.99. The molecule has 0 N–H and O–H groups in total. The van der Waals surface area contributed by atoms with Crippen molar-refractivity contribution >= 4 is 10.8 Å². The zero-order valence-electron chi connectivity index (χ0n) is 11.9. The Morgan fingerprint density at radius 2 is 1.77 bits per heavy atom. The second-order valence-corrected chi connectivity index (χ2v) is 4.69. The zero-order chi connectivity index (χ0) is 15.2. The molecular formula is C17H14N4O. The van der Waals surface area contributed by atoms with Crippen LogP contribution in [0.1, 0.15) is 12.8 Å². The van der Waals surface area contributed by atoms with Gasteiger partial charge >= 0.3 is 0 Å². The van der Waals surface area contributed by atoms with Crippen molar-refractivity contribution in [2.75, 3.05) is 6.61 Å². The number of benzene rings is 1. The number of hydrogen-bond donors (Lipinski definition) is 0. The van der Waals surface area contributed by atoms with Crippen LogP contribution in [0.25, 0.3) is 22.0 Å². The van der Waals surface area contributed by atoms with E-state index in [-0.39, 0.29) is 0 Å². The summed E-state index contributed by atoms with van der Waals surface area (Å²) in [6, 6.07) is 9.85. The second kappa shape index (κ2) is 6.64. The molecule has 5 heteroatoms. The lowest BCUT2D eigenvalue weighted by Crippen LogP contribution is -2.02. The molecule has 2 heterocycles. The Morgan fingerprint density at radius 3 is 2.55 bits per heavy atom. The maximum absolute atomic E-state index is 5.68. The molecular weight excluding hydrogens is 276 g/mol. The summed E-state index contributed by atoms with van der Waals surface area (Å²) in [7, 11) is 0. The SMILES string of the molecule is C#CCCCOc1nnc(-c2ccccc2)c2cnncc12. The highest BCUT2D eigenvalue weighted by Gasteiger charge is 2.12. The van der Waals surface area contributed by atoms with E-state index in [9.17, 15) is 0 Å². The molecule has 5 nitrogen and oxygen atoms in total. The molecule has 108 valence electrons. The van der Waals surface area contributed by atoms with Crippen molar-refractivity contribution in [3.8, 4) is 29.5 Å². The molecule has 0 unspecified atom stereocenters. The number of ether oxygens (including phenoxy) is 1. The largest absolute Gasteiger partial charge is 0.476 e. The van der Waals surface area contributed by atoms with Crippen LogP contribution in [0.2, 0.25) is 0 Å². The van der Waals surface area contributed by atoms with E-state index in [0.29, 0.717) is 18.9 Å². The molecule has 0 bridgehead atoms. The minimum atomic E-state index is 0.460. The summed E-state index contributed by atoms with van der Waals surface area (Å²) >= 11 is 0. The lowest BCUT2D eigenvalue weighted by molar-refractivity contribution is 0.302. The third-order valence-electron chi connectivity index (χ3n) is 3.21. The minimum Gasteiger partial charge on any atom is -0.476 e. The molecule has 0 aliphatic carbocycles. The molecule has 0 saturated carbocycles. The number of terminal acetylenes is 1.